The third-order valence-corrected chi connectivity index (χ3v) is 3.46. The van der Waals surface area contributed by atoms with Crippen molar-refractivity contribution in [3.8, 4) is 0 Å². The van der Waals surface area contributed by atoms with Crippen LogP contribution >= 0.6 is 12.2 Å². The van der Waals surface area contributed by atoms with E-state index in [4.69, 9.17) is 18.0 Å². The van der Waals surface area contributed by atoms with Crippen molar-refractivity contribution in [2.75, 3.05) is 7.05 Å². The first-order valence-electron chi connectivity index (χ1n) is 6.60. The highest BCUT2D eigenvalue weighted by molar-refractivity contribution is 7.80. The molecule has 0 aliphatic rings. The first-order valence-corrected chi connectivity index (χ1v) is 7.01. The van der Waals surface area contributed by atoms with Gasteiger partial charge in [0.05, 0.1) is 11.0 Å². The van der Waals surface area contributed by atoms with Crippen LogP contribution in [0, 0.1) is 0 Å². The molecule has 0 rings (SSSR count). The van der Waals surface area contributed by atoms with Crippen LogP contribution in [0.1, 0.15) is 47.0 Å². The van der Waals surface area contributed by atoms with Gasteiger partial charge in [0.2, 0.25) is 5.91 Å². The second-order valence-corrected chi connectivity index (χ2v) is 5.58. The molecule has 0 saturated carbocycles. The molecular weight excluding hydrogens is 246 g/mol. The van der Waals surface area contributed by atoms with Gasteiger partial charge in [0, 0.05) is 18.5 Å². The van der Waals surface area contributed by atoms with Gasteiger partial charge in [-0.3, -0.25) is 9.69 Å². The van der Waals surface area contributed by atoms with Crippen molar-refractivity contribution in [1.82, 2.24) is 10.2 Å². The summed E-state index contributed by atoms with van der Waals surface area (Å²) >= 11 is 4.90. The Morgan fingerprint density at radius 3 is 2.39 bits per heavy atom. The highest BCUT2D eigenvalue weighted by Gasteiger charge is 2.23. The van der Waals surface area contributed by atoms with E-state index in [1.54, 1.807) is 0 Å². The quantitative estimate of drug-likeness (QED) is 0.661. The minimum Gasteiger partial charge on any atom is -0.393 e. The molecule has 0 heterocycles. The second kappa shape index (κ2) is 8.43. The topological polar surface area (TPSA) is 58.4 Å². The fourth-order valence-corrected chi connectivity index (χ4v) is 2.11. The van der Waals surface area contributed by atoms with Crippen LogP contribution in [-0.2, 0) is 4.79 Å². The van der Waals surface area contributed by atoms with Crippen LogP contribution in [0.5, 0.6) is 0 Å². The Hall–Kier alpha value is -0.680. The fourth-order valence-electron chi connectivity index (χ4n) is 1.87. The lowest BCUT2D eigenvalue weighted by atomic mass is 10.1. The molecule has 3 unspecified atom stereocenters. The Kier molecular flexibility index (Phi) is 8.11. The molecular formula is C13H27N3OS. The van der Waals surface area contributed by atoms with Gasteiger partial charge < -0.3 is 11.1 Å². The van der Waals surface area contributed by atoms with E-state index >= 15 is 0 Å². The minimum absolute atomic E-state index is 0.0632. The van der Waals surface area contributed by atoms with Crippen molar-refractivity contribution in [2.24, 2.45) is 5.73 Å². The molecule has 0 aliphatic carbocycles. The van der Waals surface area contributed by atoms with Gasteiger partial charge in [-0.05, 0) is 34.2 Å². The number of nitrogens with one attached hydrogen (secondary N) is 1. The van der Waals surface area contributed by atoms with Crippen molar-refractivity contribution in [1.29, 1.82) is 0 Å². The van der Waals surface area contributed by atoms with Crippen LogP contribution in [0.4, 0.5) is 0 Å². The number of likely N-dealkylation sites (N-methyl/N-ethyl adjacent to an activating group) is 1. The monoisotopic (exact) mass is 273 g/mol. The minimum atomic E-state index is -0.173. The highest BCUT2D eigenvalue weighted by atomic mass is 32.1. The van der Waals surface area contributed by atoms with Crippen LogP contribution < -0.4 is 11.1 Å². The van der Waals surface area contributed by atoms with E-state index in [-0.39, 0.29) is 24.0 Å². The summed E-state index contributed by atoms with van der Waals surface area (Å²) < 4.78 is 0. The van der Waals surface area contributed by atoms with E-state index in [1.165, 1.54) is 0 Å². The molecule has 0 aromatic rings. The molecule has 0 bridgehead atoms. The van der Waals surface area contributed by atoms with E-state index in [0.29, 0.717) is 11.4 Å². The number of carbonyl (C=O) groups excluding carboxylic acids is 1. The Labute approximate surface area is 116 Å². The zero-order valence-electron chi connectivity index (χ0n) is 12.2. The molecule has 0 aromatic heterocycles. The van der Waals surface area contributed by atoms with Crippen LogP contribution in [0.25, 0.3) is 0 Å². The summed E-state index contributed by atoms with van der Waals surface area (Å²) in [7, 11) is 1.93. The Morgan fingerprint density at radius 2 is 1.94 bits per heavy atom. The summed E-state index contributed by atoms with van der Waals surface area (Å²) in [4.78, 5) is 14.5. The zero-order valence-corrected chi connectivity index (χ0v) is 13.0. The summed E-state index contributed by atoms with van der Waals surface area (Å²) in [5, 5.41) is 3.02. The lowest BCUT2D eigenvalue weighted by molar-refractivity contribution is -0.126. The number of nitrogens with zero attached hydrogens (tertiary/aromatic N) is 1. The largest absolute Gasteiger partial charge is 0.393 e. The van der Waals surface area contributed by atoms with E-state index in [2.05, 4.69) is 12.2 Å². The van der Waals surface area contributed by atoms with Crippen molar-refractivity contribution in [3.05, 3.63) is 0 Å². The lowest BCUT2D eigenvalue weighted by Gasteiger charge is -2.30. The SMILES string of the molecule is CCCC(C)NC(=O)C(C)N(C)C(C)CC(N)=S. The third-order valence-electron chi connectivity index (χ3n) is 3.29. The Balaban J connectivity index is 4.31. The maximum atomic E-state index is 12.0. The maximum absolute atomic E-state index is 12.0. The number of hydrogen-bond acceptors (Lipinski definition) is 3. The van der Waals surface area contributed by atoms with Crippen molar-refractivity contribution in [3.63, 3.8) is 0 Å². The number of hydrogen-bond donors (Lipinski definition) is 2. The molecule has 0 aliphatic heterocycles. The van der Waals surface area contributed by atoms with Gasteiger partial charge in [0.25, 0.3) is 0 Å². The fraction of sp³-hybridized carbons (Fsp3) is 0.846. The number of thiocarbonyl (C=S) groups is 1. The average molecular weight is 273 g/mol. The van der Waals surface area contributed by atoms with Crippen LogP contribution in [0.2, 0.25) is 0 Å². The predicted molar refractivity (Wildman–Crippen MR) is 80.6 cm³/mol. The van der Waals surface area contributed by atoms with Gasteiger partial charge in [0.1, 0.15) is 0 Å². The molecule has 106 valence electrons. The van der Waals surface area contributed by atoms with Crippen molar-refractivity contribution < 1.29 is 4.79 Å². The van der Waals surface area contributed by atoms with Gasteiger partial charge in [-0.15, -0.1) is 0 Å². The van der Waals surface area contributed by atoms with Crippen LogP contribution in [0.3, 0.4) is 0 Å². The standard InChI is InChI=1S/C13H27N3OS/c1-6-7-9(2)15-13(17)11(4)16(5)10(3)8-12(14)18/h9-11H,6-8H2,1-5H3,(H2,14,18)(H,15,17). The molecule has 5 heteroatoms. The lowest BCUT2D eigenvalue weighted by Crippen LogP contribution is -2.49. The van der Waals surface area contributed by atoms with E-state index in [1.807, 2.05) is 32.7 Å². The van der Waals surface area contributed by atoms with Crippen LogP contribution in [-0.4, -0.2) is 41.0 Å². The zero-order chi connectivity index (χ0) is 14.3. The van der Waals surface area contributed by atoms with Gasteiger partial charge in [-0.25, -0.2) is 0 Å². The molecule has 0 fully saturated rings. The first-order chi connectivity index (χ1) is 8.29. The summed E-state index contributed by atoms with van der Waals surface area (Å²) in [6, 6.07) is 0.225. The van der Waals surface area contributed by atoms with Crippen molar-refractivity contribution in [2.45, 2.75) is 65.1 Å². The van der Waals surface area contributed by atoms with Crippen molar-refractivity contribution >= 4 is 23.1 Å². The van der Waals surface area contributed by atoms with E-state index in [9.17, 15) is 4.79 Å². The van der Waals surface area contributed by atoms with Gasteiger partial charge in [-0.2, -0.15) is 0 Å². The number of nitrogens with two attached hydrogens (primary N) is 1. The molecule has 18 heavy (non-hydrogen) atoms. The molecule has 3 atom stereocenters. The molecule has 0 saturated heterocycles. The summed E-state index contributed by atoms with van der Waals surface area (Å²) in [6.07, 6.45) is 2.71. The summed E-state index contributed by atoms with van der Waals surface area (Å²) in [5.74, 6) is 0.0632. The first kappa shape index (κ1) is 17.3. The number of carbonyl (C=O) groups is 1. The Morgan fingerprint density at radius 1 is 1.39 bits per heavy atom. The van der Waals surface area contributed by atoms with E-state index in [0.717, 1.165) is 12.8 Å². The molecule has 0 aromatic carbocycles. The molecule has 1 amide bonds. The molecule has 0 radical (unpaired) electrons. The van der Waals surface area contributed by atoms with Gasteiger partial charge in [0.15, 0.2) is 0 Å². The highest BCUT2D eigenvalue weighted by Crippen LogP contribution is 2.07. The molecule has 3 N–H and O–H groups in total. The summed E-state index contributed by atoms with van der Waals surface area (Å²) in [6.45, 7) is 8.08. The Bertz CT molecular complexity index is 283. The smallest absolute Gasteiger partial charge is 0.237 e. The summed E-state index contributed by atoms with van der Waals surface area (Å²) in [5.41, 5.74) is 5.53. The normalized spacial score (nSPS) is 16.1. The third kappa shape index (κ3) is 6.31. The van der Waals surface area contributed by atoms with E-state index < -0.39 is 0 Å². The maximum Gasteiger partial charge on any atom is 0.237 e. The van der Waals surface area contributed by atoms with Gasteiger partial charge >= 0.3 is 0 Å². The molecule has 0 spiro atoms. The van der Waals surface area contributed by atoms with Gasteiger partial charge in [-0.1, -0.05) is 25.6 Å². The van der Waals surface area contributed by atoms with Crippen LogP contribution in [0.15, 0.2) is 0 Å². The number of amides is 1. The average Bonchev–Trinajstić information content (AvgIpc) is 2.26. The second-order valence-electron chi connectivity index (χ2n) is 5.06. The predicted octanol–water partition coefficient (Wildman–Crippen LogP) is 1.68. The molecule has 4 nitrogen and oxygen atoms in total. The number of rotatable bonds is 8.